The van der Waals surface area contributed by atoms with E-state index >= 15 is 0 Å². The maximum absolute atomic E-state index is 13.9. The Hall–Kier alpha value is -4.45. The summed E-state index contributed by atoms with van der Waals surface area (Å²) >= 11 is 0. The van der Waals surface area contributed by atoms with Gasteiger partial charge in [-0.3, -0.25) is 4.79 Å². The van der Waals surface area contributed by atoms with Crippen LogP contribution < -0.4 is 9.47 Å². The van der Waals surface area contributed by atoms with E-state index in [1.165, 1.54) is 0 Å². The van der Waals surface area contributed by atoms with Crippen LogP contribution in [-0.4, -0.2) is 28.1 Å². The van der Waals surface area contributed by atoms with Crippen LogP contribution in [0, 0.1) is 0 Å². The Kier molecular flexibility index (Phi) is 4.32. The van der Waals surface area contributed by atoms with Crippen molar-refractivity contribution in [3.05, 3.63) is 113 Å². The number of carbonyl (C=O) groups is 1. The molecular weight excluding hydrogens is 430 g/mol. The second-order valence-corrected chi connectivity index (χ2v) is 8.46. The molecule has 4 aromatic rings. The number of hydrogen-bond donors (Lipinski definition) is 2. The maximum Gasteiger partial charge on any atom is 0.255 e. The van der Waals surface area contributed by atoms with Crippen LogP contribution in [0.3, 0.4) is 0 Å². The highest BCUT2D eigenvalue weighted by molar-refractivity contribution is 6.02. The van der Waals surface area contributed by atoms with Gasteiger partial charge in [0.25, 0.3) is 5.91 Å². The van der Waals surface area contributed by atoms with Gasteiger partial charge in [-0.15, -0.1) is 0 Å². The van der Waals surface area contributed by atoms with Crippen molar-refractivity contribution in [2.45, 2.75) is 12.1 Å². The Bertz CT molecular complexity index is 1390. The number of ether oxygens (including phenoxy) is 2. The van der Waals surface area contributed by atoms with Gasteiger partial charge < -0.3 is 24.6 Å². The molecule has 2 aliphatic heterocycles. The first-order valence-electron chi connectivity index (χ1n) is 10.9. The standard InChI is InChI=1S/C28H21NO5/c1-33-20-10-6-17(7-11-20)16-29-27(32)21-4-2-3-5-22(21)28(29)23-12-8-18(30)14-25(23)34-26-15-19(31)9-13-24(26)28/h2-15,30-31H,16H2,1H3. The molecule has 6 rings (SSSR count). The van der Waals surface area contributed by atoms with Crippen molar-refractivity contribution in [3.63, 3.8) is 0 Å². The minimum absolute atomic E-state index is 0.0526. The summed E-state index contributed by atoms with van der Waals surface area (Å²) in [4.78, 5) is 15.8. The van der Waals surface area contributed by atoms with E-state index in [-0.39, 0.29) is 17.4 Å². The van der Waals surface area contributed by atoms with Crippen molar-refractivity contribution in [1.82, 2.24) is 4.90 Å². The Labute approximate surface area is 196 Å². The van der Waals surface area contributed by atoms with E-state index in [9.17, 15) is 15.0 Å². The predicted octanol–water partition coefficient (Wildman–Crippen LogP) is 5.16. The Morgan fingerprint density at radius 1 is 0.824 bits per heavy atom. The smallest absolute Gasteiger partial charge is 0.255 e. The largest absolute Gasteiger partial charge is 0.508 e. The molecule has 0 radical (unpaired) electrons. The SMILES string of the molecule is COc1ccc(CN2C(=O)c3ccccc3C23c2ccc(O)cc2Oc2cc(O)ccc23)cc1. The van der Waals surface area contributed by atoms with Crippen molar-refractivity contribution in [2.24, 2.45) is 0 Å². The molecule has 2 N–H and O–H groups in total. The summed E-state index contributed by atoms with van der Waals surface area (Å²) in [6.07, 6.45) is 0. The number of nitrogens with zero attached hydrogens (tertiary/aromatic N) is 1. The molecule has 1 spiro atoms. The van der Waals surface area contributed by atoms with Crippen molar-refractivity contribution >= 4 is 5.91 Å². The molecule has 2 heterocycles. The predicted molar refractivity (Wildman–Crippen MR) is 125 cm³/mol. The van der Waals surface area contributed by atoms with E-state index in [4.69, 9.17) is 9.47 Å². The highest BCUT2D eigenvalue weighted by Gasteiger charge is 2.56. The maximum atomic E-state index is 13.9. The molecule has 0 atom stereocenters. The molecule has 0 bridgehead atoms. The molecule has 2 aliphatic rings. The number of rotatable bonds is 3. The number of aromatic hydroxyl groups is 2. The number of benzene rings is 4. The lowest BCUT2D eigenvalue weighted by molar-refractivity contribution is 0.0645. The van der Waals surface area contributed by atoms with E-state index < -0.39 is 5.54 Å². The molecule has 4 aromatic carbocycles. The Balaban J connectivity index is 1.65. The average Bonchev–Trinajstić information content (AvgIpc) is 3.08. The van der Waals surface area contributed by atoms with Crippen molar-refractivity contribution < 1.29 is 24.5 Å². The molecular formula is C28H21NO5. The lowest BCUT2D eigenvalue weighted by Gasteiger charge is -2.44. The van der Waals surface area contributed by atoms with Gasteiger partial charge in [0, 0.05) is 35.4 Å². The van der Waals surface area contributed by atoms with Crippen molar-refractivity contribution in [3.8, 4) is 28.7 Å². The molecule has 0 saturated heterocycles. The minimum atomic E-state index is -1.00. The average molecular weight is 451 g/mol. The zero-order chi connectivity index (χ0) is 23.4. The van der Waals surface area contributed by atoms with Gasteiger partial charge in [0.1, 0.15) is 34.3 Å². The summed E-state index contributed by atoms with van der Waals surface area (Å²) in [5.74, 6) is 1.60. The molecule has 1 amide bonds. The molecule has 6 heteroatoms. The van der Waals surface area contributed by atoms with E-state index in [1.54, 1.807) is 43.5 Å². The van der Waals surface area contributed by atoms with Crippen LogP contribution in [0.5, 0.6) is 28.7 Å². The fourth-order valence-electron chi connectivity index (χ4n) is 5.17. The minimum Gasteiger partial charge on any atom is -0.508 e. The molecule has 0 aromatic heterocycles. The molecule has 0 unspecified atom stereocenters. The summed E-state index contributed by atoms with van der Waals surface area (Å²) in [5, 5.41) is 20.4. The number of methoxy groups -OCH3 is 1. The fourth-order valence-corrected chi connectivity index (χ4v) is 5.17. The van der Waals surface area contributed by atoms with Gasteiger partial charge in [-0.2, -0.15) is 0 Å². The second-order valence-electron chi connectivity index (χ2n) is 8.46. The molecule has 0 fully saturated rings. The zero-order valence-electron chi connectivity index (χ0n) is 18.4. The molecule has 0 saturated carbocycles. The molecule has 6 nitrogen and oxygen atoms in total. The third-order valence-electron chi connectivity index (χ3n) is 6.63. The van der Waals surface area contributed by atoms with Crippen LogP contribution in [0.25, 0.3) is 0 Å². The van der Waals surface area contributed by atoms with E-state index in [0.717, 1.165) is 28.0 Å². The highest BCUT2D eigenvalue weighted by atomic mass is 16.5. The summed E-state index contributed by atoms with van der Waals surface area (Å²) in [6, 6.07) is 25.1. The van der Waals surface area contributed by atoms with Gasteiger partial charge in [0.05, 0.1) is 7.11 Å². The number of phenolic OH excluding ortho intramolecular Hbond substituents is 2. The van der Waals surface area contributed by atoms with Crippen LogP contribution in [0.15, 0.2) is 84.9 Å². The lowest BCUT2D eigenvalue weighted by Crippen LogP contribution is -2.46. The van der Waals surface area contributed by atoms with Gasteiger partial charge in [0.2, 0.25) is 0 Å². The number of phenols is 2. The van der Waals surface area contributed by atoms with Gasteiger partial charge in [-0.1, -0.05) is 30.3 Å². The van der Waals surface area contributed by atoms with Crippen LogP contribution in [-0.2, 0) is 12.1 Å². The summed E-state index contributed by atoms with van der Waals surface area (Å²) < 4.78 is 11.4. The lowest BCUT2D eigenvalue weighted by atomic mass is 9.74. The van der Waals surface area contributed by atoms with Crippen molar-refractivity contribution in [2.75, 3.05) is 7.11 Å². The van der Waals surface area contributed by atoms with Crippen LogP contribution >= 0.6 is 0 Å². The van der Waals surface area contributed by atoms with Crippen molar-refractivity contribution in [1.29, 1.82) is 0 Å². The van der Waals surface area contributed by atoms with Gasteiger partial charge in [0.15, 0.2) is 0 Å². The van der Waals surface area contributed by atoms with E-state index in [0.29, 0.717) is 23.6 Å². The summed E-state index contributed by atoms with van der Waals surface area (Å²) in [5.41, 5.74) is 2.86. The number of amides is 1. The third kappa shape index (κ3) is 2.72. The topological polar surface area (TPSA) is 79.2 Å². The molecule has 0 aliphatic carbocycles. The van der Waals surface area contributed by atoms with Gasteiger partial charge in [-0.05, 0) is 53.6 Å². The fraction of sp³-hybridized carbons (Fsp3) is 0.107. The number of carbonyl (C=O) groups excluding carboxylic acids is 1. The second kappa shape index (κ2) is 7.28. The highest BCUT2D eigenvalue weighted by Crippen LogP contribution is 2.58. The first-order valence-corrected chi connectivity index (χ1v) is 10.9. The molecule has 168 valence electrons. The van der Waals surface area contributed by atoms with Crippen LogP contribution in [0.2, 0.25) is 0 Å². The first-order chi connectivity index (χ1) is 16.5. The zero-order valence-corrected chi connectivity index (χ0v) is 18.4. The van der Waals surface area contributed by atoms with Crippen LogP contribution in [0.4, 0.5) is 0 Å². The van der Waals surface area contributed by atoms with Gasteiger partial charge >= 0.3 is 0 Å². The Morgan fingerprint density at radius 3 is 2.06 bits per heavy atom. The Morgan fingerprint density at radius 2 is 1.44 bits per heavy atom. The molecule has 34 heavy (non-hydrogen) atoms. The monoisotopic (exact) mass is 451 g/mol. The normalized spacial score (nSPS) is 14.9. The third-order valence-corrected chi connectivity index (χ3v) is 6.63. The number of hydrogen-bond acceptors (Lipinski definition) is 5. The summed E-state index contributed by atoms with van der Waals surface area (Å²) in [6.45, 7) is 0.331. The summed E-state index contributed by atoms with van der Waals surface area (Å²) in [7, 11) is 1.62. The van der Waals surface area contributed by atoms with Crippen LogP contribution in [0.1, 0.15) is 32.6 Å². The van der Waals surface area contributed by atoms with E-state index in [2.05, 4.69) is 0 Å². The van der Waals surface area contributed by atoms with E-state index in [1.807, 2.05) is 53.4 Å². The first kappa shape index (κ1) is 20.2. The number of fused-ring (bicyclic) bond motifs is 6. The quantitative estimate of drug-likeness (QED) is 0.450. The van der Waals surface area contributed by atoms with Gasteiger partial charge in [-0.25, -0.2) is 0 Å².